The summed E-state index contributed by atoms with van der Waals surface area (Å²) in [5, 5.41) is 14.8. The van der Waals surface area contributed by atoms with Gasteiger partial charge in [-0.3, -0.25) is 4.90 Å². The minimum absolute atomic E-state index is 0.633. The summed E-state index contributed by atoms with van der Waals surface area (Å²) in [5.74, 6) is -2.02. The van der Waals surface area contributed by atoms with Crippen molar-refractivity contribution in [3.63, 3.8) is 0 Å². The molecule has 2 rings (SSSR count). The highest BCUT2D eigenvalue weighted by Gasteiger charge is 2.14. The highest BCUT2D eigenvalue weighted by Crippen LogP contribution is 2.21. The van der Waals surface area contributed by atoms with Gasteiger partial charge in [-0.2, -0.15) is 0 Å². The van der Waals surface area contributed by atoms with Crippen LogP contribution in [0.5, 0.6) is 5.75 Å². The maximum atomic E-state index is 9.10. The Morgan fingerprint density at radius 2 is 1.52 bits per heavy atom. The minimum atomic E-state index is -1.82. The number of benzene rings is 1. The van der Waals surface area contributed by atoms with Crippen molar-refractivity contribution in [2.45, 2.75) is 33.1 Å². The zero-order valence-electron chi connectivity index (χ0n) is 16.6. The van der Waals surface area contributed by atoms with Gasteiger partial charge in [0.15, 0.2) is 0 Å². The van der Waals surface area contributed by atoms with Gasteiger partial charge in [0, 0.05) is 32.7 Å². The molecule has 0 radical (unpaired) electrons. The molecule has 2 N–H and O–H groups in total. The molecule has 0 spiro atoms. The largest absolute Gasteiger partial charge is 0.492 e. The van der Waals surface area contributed by atoms with Crippen molar-refractivity contribution in [3.05, 3.63) is 29.8 Å². The molecule has 1 aliphatic heterocycles. The van der Waals surface area contributed by atoms with Gasteiger partial charge in [0.1, 0.15) is 12.4 Å². The van der Waals surface area contributed by atoms with Gasteiger partial charge in [0.25, 0.3) is 0 Å². The molecule has 0 saturated carbocycles. The lowest BCUT2D eigenvalue weighted by Gasteiger charge is -2.33. The number of piperazine rings is 1. The van der Waals surface area contributed by atoms with Crippen molar-refractivity contribution in [1.29, 1.82) is 0 Å². The van der Waals surface area contributed by atoms with Crippen LogP contribution in [0.15, 0.2) is 24.3 Å². The number of carbonyl (C=O) groups is 2. The summed E-state index contributed by atoms with van der Waals surface area (Å²) < 4.78 is 5.88. The Morgan fingerprint density at radius 1 is 1.00 bits per heavy atom. The van der Waals surface area contributed by atoms with Gasteiger partial charge in [0.2, 0.25) is 0 Å². The molecule has 0 bridgehead atoms. The summed E-state index contributed by atoms with van der Waals surface area (Å²) in [5.41, 5.74) is 1.40. The molecule has 0 aromatic heterocycles. The normalized spacial score (nSPS) is 16.1. The molecular formula is C20H32N2O5. The van der Waals surface area contributed by atoms with Crippen LogP contribution in [0.3, 0.4) is 0 Å². The molecule has 1 atom stereocenters. The van der Waals surface area contributed by atoms with E-state index in [-0.39, 0.29) is 0 Å². The molecule has 152 valence electrons. The lowest BCUT2D eigenvalue weighted by Crippen LogP contribution is -2.47. The van der Waals surface area contributed by atoms with E-state index < -0.39 is 11.9 Å². The van der Waals surface area contributed by atoms with E-state index in [0.717, 1.165) is 18.9 Å². The molecule has 1 unspecified atom stereocenters. The quantitative estimate of drug-likeness (QED) is 0.702. The zero-order chi connectivity index (χ0) is 20.2. The van der Waals surface area contributed by atoms with Crippen molar-refractivity contribution >= 4 is 11.9 Å². The Labute approximate surface area is 161 Å². The molecule has 27 heavy (non-hydrogen) atoms. The van der Waals surface area contributed by atoms with E-state index in [1.807, 2.05) is 0 Å². The van der Waals surface area contributed by atoms with E-state index >= 15 is 0 Å². The molecule has 1 aromatic carbocycles. The highest BCUT2D eigenvalue weighted by atomic mass is 16.5. The first-order valence-corrected chi connectivity index (χ1v) is 9.51. The summed E-state index contributed by atoms with van der Waals surface area (Å²) in [6.45, 7) is 14.5. The Hall–Kier alpha value is -2.12. The number of aliphatic carboxylic acids is 2. The third kappa shape index (κ3) is 8.88. The minimum Gasteiger partial charge on any atom is -0.492 e. The number of carboxylic acid groups (broad SMARTS) is 2. The summed E-state index contributed by atoms with van der Waals surface area (Å²) >= 11 is 0. The van der Waals surface area contributed by atoms with Crippen LogP contribution >= 0.6 is 0 Å². The third-order valence-corrected chi connectivity index (χ3v) is 4.83. The molecule has 1 saturated heterocycles. The maximum absolute atomic E-state index is 9.10. The maximum Gasteiger partial charge on any atom is 0.414 e. The Morgan fingerprint density at radius 3 is 1.96 bits per heavy atom. The van der Waals surface area contributed by atoms with Crippen LogP contribution in [0.4, 0.5) is 0 Å². The Balaban J connectivity index is 0.000000527. The number of hydrogen-bond donors (Lipinski definition) is 2. The third-order valence-electron chi connectivity index (χ3n) is 4.83. The topological polar surface area (TPSA) is 90.3 Å². The first-order chi connectivity index (χ1) is 12.9. The lowest BCUT2D eigenvalue weighted by molar-refractivity contribution is -0.159. The number of rotatable bonds is 7. The molecule has 0 aliphatic carbocycles. The van der Waals surface area contributed by atoms with Crippen molar-refractivity contribution in [2.24, 2.45) is 0 Å². The van der Waals surface area contributed by atoms with Crippen molar-refractivity contribution in [1.82, 2.24) is 9.80 Å². The van der Waals surface area contributed by atoms with E-state index in [9.17, 15) is 0 Å². The van der Waals surface area contributed by atoms with Crippen molar-refractivity contribution < 1.29 is 24.5 Å². The van der Waals surface area contributed by atoms with Gasteiger partial charge >= 0.3 is 11.9 Å². The fourth-order valence-electron chi connectivity index (χ4n) is 2.75. The molecule has 7 heteroatoms. The van der Waals surface area contributed by atoms with Crippen LogP contribution in [0.25, 0.3) is 0 Å². The van der Waals surface area contributed by atoms with Crippen molar-refractivity contribution in [3.8, 4) is 5.75 Å². The van der Waals surface area contributed by atoms with E-state index in [1.54, 1.807) is 0 Å². The van der Waals surface area contributed by atoms with Crippen LogP contribution in [-0.2, 0) is 9.59 Å². The summed E-state index contributed by atoms with van der Waals surface area (Å²) in [6.07, 6.45) is 1.18. The van der Waals surface area contributed by atoms with Crippen molar-refractivity contribution in [2.75, 3.05) is 45.9 Å². The molecule has 0 amide bonds. The highest BCUT2D eigenvalue weighted by molar-refractivity contribution is 6.27. The molecule has 7 nitrogen and oxygen atoms in total. The van der Waals surface area contributed by atoms with Crippen LogP contribution < -0.4 is 4.74 Å². The first kappa shape index (κ1) is 22.9. The number of nitrogens with zero attached hydrogens (tertiary/aromatic N) is 2. The predicted molar refractivity (Wildman–Crippen MR) is 104 cm³/mol. The molecule has 1 fully saturated rings. The monoisotopic (exact) mass is 380 g/mol. The van der Waals surface area contributed by atoms with Crippen LogP contribution in [-0.4, -0.2) is 77.8 Å². The summed E-state index contributed by atoms with van der Waals surface area (Å²) in [7, 11) is 0. The van der Waals surface area contributed by atoms with Gasteiger partial charge in [0.05, 0.1) is 0 Å². The van der Waals surface area contributed by atoms with Gasteiger partial charge < -0.3 is 19.8 Å². The second-order valence-electron chi connectivity index (χ2n) is 6.61. The SMILES string of the molecule is CCC(C)c1ccc(OCCN2CCN(CC)CC2)cc1.O=C(O)C(=O)O. The number of hydrogen-bond acceptors (Lipinski definition) is 5. The average Bonchev–Trinajstić information content (AvgIpc) is 2.69. The van der Waals surface area contributed by atoms with E-state index in [0.29, 0.717) is 5.92 Å². The second-order valence-corrected chi connectivity index (χ2v) is 6.61. The molecule has 1 aliphatic rings. The van der Waals surface area contributed by atoms with E-state index in [2.05, 4.69) is 54.8 Å². The molecular weight excluding hydrogens is 348 g/mol. The van der Waals surface area contributed by atoms with Crippen LogP contribution in [0, 0.1) is 0 Å². The Bertz CT molecular complexity index is 556. The zero-order valence-corrected chi connectivity index (χ0v) is 16.6. The van der Waals surface area contributed by atoms with Gasteiger partial charge in [-0.05, 0) is 36.6 Å². The summed E-state index contributed by atoms with van der Waals surface area (Å²) in [6, 6.07) is 8.61. The second kappa shape index (κ2) is 12.3. The smallest absolute Gasteiger partial charge is 0.414 e. The average molecular weight is 380 g/mol. The lowest BCUT2D eigenvalue weighted by atomic mass is 9.99. The molecule has 1 heterocycles. The number of ether oxygens (including phenoxy) is 1. The number of carboxylic acids is 2. The molecule has 1 aromatic rings. The van der Waals surface area contributed by atoms with E-state index in [4.69, 9.17) is 24.5 Å². The summed E-state index contributed by atoms with van der Waals surface area (Å²) in [4.78, 5) is 23.2. The standard InChI is InChI=1S/C18H30N2O.C2H2O4/c1-4-16(3)17-6-8-18(9-7-17)21-15-14-20-12-10-19(5-2)11-13-20;3-1(4)2(5)6/h6-9,16H,4-5,10-15H2,1-3H3;(H,3,4)(H,5,6). The van der Waals surface area contributed by atoms with Crippen LogP contribution in [0.2, 0.25) is 0 Å². The van der Waals surface area contributed by atoms with Gasteiger partial charge in [-0.25, -0.2) is 9.59 Å². The predicted octanol–water partition coefficient (Wildman–Crippen LogP) is 2.37. The number of likely N-dealkylation sites (N-methyl/N-ethyl adjacent to an activating group) is 1. The van der Waals surface area contributed by atoms with Gasteiger partial charge in [-0.15, -0.1) is 0 Å². The fourth-order valence-corrected chi connectivity index (χ4v) is 2.75. The fraction of sp³-hybridized carbons (Fsp3) is 0.600. The van der Waals surface area contributed by atoms with Crippen LogP contribution in [0.1, 0.15) is 38.7 Å². The first-order valence-electron chi connectivity index (χ1n) is 9.51. The van der Waals surface area contributed by atoms with Gasteiger partial charge in [-0.1, -0.05) is 32.9 Å². The van der Waals surface area contributed by atoms with E-state index in [1.165, 1.54) is 44.7 Å². The Kier molecular flexibility index (Phi) is 10.4.